The molecule has 0 radical (unpaired) electrons. The summed E-state index contributed by atoms with van der Waals surface area (Å²) in [4.78, 5) is 5.60. The lowest BCUT2D eigenvalue weighted by Gasteiger charge is -2.50. The highest BCUT2D eigenvalue weighted by Crippen LogP contribution is 2.74. The minimum absolute atomic E-state index is 0.0729. The molecule has 2 aliphatic rings. The molecule has 3 heteroatoms. The zero-order valence-electron chi connectivity index (χ0n) is 27.9. The first-order valence-electron chi connectivity index (χ1n) is 17.7. The van der Waals surface area contributed by atoms with E-state index in [1.807, 2.05) is 0 Å². The van der Waals surface area contributed by atoms with E-state index >= 15 is 0 Å². The van der Waals surface area contributed by atoms with Crippen molar-refractivity contribution in [2.24, 2.45) is 0 Å². The topological polar surface area (TPSA) is 4.93 Å². The molecule has 238 valence electrons. The predicted molar refractivity (Wildman–Crippen MR) is 216 cm³/mol. The standard InChI is InChI=1S/C48H32BNS/c1-5-18-33(19-6-1)44-39-32-35-22-13-14-27-38(35)45-48(39)50(47(44)34-20-7-2-8-21-34)41-29-17-31-43-46(41)49(45)40-28-15-16-30-42(40)51(43,36-23-9-3-10-24-36)37-25-11-4-12-26-37/h1-32H. The number of hydrogen-bond donors (Lipinski definition) is 0. The van der Waals surface area contributed by atoms with Crippen LogP contribution in [-0.4, -0.2) is 11.3 Å². The number of aromatic nitrogens is 1. The van der Waals surface area contributed by atoms with Crippen LogP contribution in [0.1, 0.15) is 0 Å². The van der Waals surface area contributed by atoms with Crippen molar-refractivity contribution in [2.75, 3.05) is 0 Å². The Morgan fingerprint density at radius 2 is 1.00 bits per heavy atom. The number of rotatable bonds is 4. The van der Waals surface area contributed by atoms with Gasteiger partial charge in [-0.2, -0.15) is 0 Å². The van der Waals surface area contributed by atoms with Gasteiger partial charge in [0.25, 0.3) is 0 Å². The molecule has 0 saturated carbocycles. The van der Waals surface area contributed by atoms with Gasteiger partial charge in [-0.05, 0) is 91.1 Å². The van der Waals surface area contributed by atoms with Crippen molar-refractivity contribution < 1.29 is 0 Å². The molecule has 0 unspecified atom stereocenters. The number of fused-ring (bicyclic) bond motifs is 6. The van der Waals surface area contributed by atoms with Crippen LogP contribution in [0.4, 0.5) is 0 Å². The Balaban J connectivity index is 1.40. The van der Waals surface area contributed by atoms with Crippen LogP contribution in [0.5, 0.6) is 0 Å². The highest BCUT2D eigenvalue weighted by Gasteiger charge is 2.49. The third-order valence-electron chi connectivity index (χ3n) is 11.1. The summed E-state index contributed by atoms with van der Waals surface area (Å²) in [5.74, 6) is 0. The lowest BCUT2D eigenvalue weighted by Crippen LogP contribution is -2.60. The zero-order chi connectivity index (χ0) is 33.5. The first kappa shape index (κ1) is 28.8. The van der Waals surface area contributed by atoms with Crippen molar-refractivity contribution in [2.45, 2.75) is 19.6 Å². The Labute approximate surface area is 299 Å². The van der Waals surface area contributed by atoms with Gasteiger partial charge in [0, 0.05) is 26.4 Å². The van der Waals surface area contributed by atoms with E-state index in [-0.39, 0.29) is 6.71 Å². The van der Waals surface area contributed by atoms with E-state index in [2.05, 4.69) is 199 Å². The van der Waals surface area contributed by atoms with Gasteiger partial charge in [-0.3, -0.25) is 0 Å². The van der Waals surface area contributed by atoms with Crippen LogP contribution in [0, 0.1) is 0 Å². The molecule has 0 N–H and O–H groups in total. The molecule has 3 heterocycles. The molecule has 1 nitrogen and oxygen atoms in total. The van der Waals surface area contributed by atoms with E-state index in [9.17, 15) is 0 Å². The first-order valence-corrected chi connectivity index (χ1v) is 19.4. The maximum Gasteiger partial charge on any atom is 0.250 e. The van der Waals surface area contributed by atoms with Gasteiger partial charge in [0.15, 0.2) is 0 Å². The average Bonchev–Trinajstić information content (AvgIpc) is 3.55. The average molecular weight is 666 g/mol. The summed E-state index contributed by atoms with van der Waals surface area (Å²) in [7, 11) is -1.87. The van der Waals surface area contributed by atoms with Gasteiger partial charge >= 0.3 is 0 Å². The Morgan fingerprint density at radius 1 is 0.431 bits per heavy atom. The van der Waals surface area contributed by atoms with Crippen LogP contribution in [-0.2, 0) is 0 Å². The largest absolute Gasteiger partial charge is 0.310 e. The van der Waals surface area contributed by atoms with Gasteiger partial charge in [0.1, 0.15) is 0 Å². The summed E-state index contributed by atoms with van der Waals surface area (Å²) in [5.41, 5.74) is 11.8. The molecule has 8 aromatic carbocycles. The second kappa shape index (κ2) is 11.0. The Hall–Kier alpha value is -6.03. The fraction of sp³-hybridized carbons (Fsp3) is 0. The number of hydrogen-bond acceptors (Lipinski definition) is 0. The summed E-state index contributed by atoms with van der Waals surface area (Å²) >= 11 is 0. The SMILES string of the molecule is c1ccc(-c2c(-c3ccccc3)n3c4c(c5ccccc5cc24)B2c4ccccc4S(c4ccccc4)(c4ccccc4)c4cccc-3c42)cc1. The van der Waals surface area contributed by atoms with Gasteiger partial charge < -0.3 is 4.57 Å². The van der Waals surface area contributed by atoms with Crippen molar-refractivity contribution in [1.29, 1.82) is 0 Å². The summed E-state index contributed by atoms with van der Waals surface area (Å²) in [6.45, 7) is 0.0729. The number of benzene rings is 8. The monoisotopic (exact) mass is 665 g/mol. The molecular weight excluding hydrogens is 633 g/mol. The molecule has 2 aliphatic heterocycles. The summed E-state index contributed by atoms with van der Waals surface area (Å²) < 4.78 is 2.64. The lowest BCUT2D eigenvalue weighted by atomic mass is 9.34. The van der Waals surface area contributed by atoms with Crippen LogP contribution in [0.25, 0.3) is 49.7 Å². The van der Waals surface area contributed by atoms with Crippen molar-refractivity contribution in [3.8, 4) is 28.1 Å². The third-order valence-corrected chi connectivity index (χ3v) is 15.1. The minimum Gasteiger partial charge on any atom is -0.310 e. The fourth-order valence-corrected chi connectivity index (χ4v) is 13.5. The Kier molecular flexibility index (Phi) is 6.20. The van der Waals surface area contributed by atoms with Crippen LogP contribution in [0.15, 0.2) is 214 Å². The van der Waals surface area contributed by atoms with Gasteiger partial charge in [0.05, 0.1) is 11.2 Å². The molecule has 0 amide bonds. The van der Waals surface area contributed by atoms with E-state index in [1.54, 1.807) is 0 Å². The van der Waals surface area contributed by atoms with E-state index < -0.39 is 10.0 Å². The van der Waals surface area contributed by atoms with E-state index in [1.165, 1.54) is 85.7 Å². The Morgan fingerprint density at radius 3 is 1.71 bits per heavy atom. The van der Waals surface area contributed by atoms with Crippen LogP contribution in [0.3, 0.4) is 0 Å². The van der Waals surface area contributed by atoms with Crippen molar-refractivity contribution in [1.82, 2.24) is 4.57 Å². The van der Waals surface area contributed by atoms with Gasteiger partial charge in [-0.1, -0.05) is 151 Å². The van der Waals surface area contributed by atoms with Crippen LogP contribution < -0.4 is 16.4 Å². The molecular formula is C48H32BNS. The van der Waals surface area contributed by atoms with Crippen LogP contribution >= 0.6 is 10.0 Å². The summed E-state index contributed by atoms with van der Waals surface area (Å²) in [5, 5.41) is 3.91. The molecule has 0 fully saturated rings. The second-order valence-corrected chi connectivity index (χ2v) is 16.6. The van der Waals surface area contributed by atoms with Crippen molar-refractivity contribution in [3.63, 3.8) is 0 Å². The normalized spacial score (nSPS) is 14.2. The third kappa shape index (κ3) is 3.84. The molecule has 11 rings (SSSR count). The van der Waals surface area contributed by atoms with E-state index in [0.29, 0.717) is 0 Å². The Bertz CT molecular complexity index is 2750. The summed E-state index contributed by atoms with van der Waals surface area (Å²) in [6, 6.07) is 72.7. The highest BCUT2D eigenvalue weighted by atomic mass is 32.3. The zero-order valence-corrected chi connectivity index (χ0v) is 28.7. The van der Waals surface area contributed by atoms with E-state index in [4.69, 9.17) is 0 Å². The van der Waals surface area contributed by atoms with Crippen molar-refractivity contribution >= 4 is 54.8 Å². The maximum absolute atomic E-state index is 2.64. The van der Waals surface area contributed by atoms with Gasteiger partial charge in [-0.25, -0.2) is 0 Å². The molecule has 0 atom stereocenters. The minimum atomic E-state index is -1.87. The molecule has 1 aromatic heterocycles. The fourth-order valence-electron chi connectivity index (χ4n) is 9.20. The van der Waals surface area contributed by atoms with Crippen molar-refractivity contribution in [3.05, 3.63) is 194 Å². The number of nitrogens with zero attached hydrogens (tertiary/aromatic N) is 1. The second-order valence-electron chi connectivity index (χ2n) is 13.6. The molecule has 51 heavy (non-hydrogen) atoms. The molecule has 0 aliphatic carbocycles. The molecule has 9 aromatic rings. The lowest BCUT2D eigenvalue weighted by molar-refractivity contribution is 1.12. The first-order chi connectivity index (χ1) is 25.4. The molecule has 0 bridgehead atoms. The smallest absolute Gasteiger partial charge is 0.250 e. The van der Waals surface area contributed by atoms with Gasteiger partial charge in [-0.15, -0.1) is 10.0 Å². The quantitative estimate of drug-likeness (QED) is 0.165. The van der Waals surface area contributed by atoms with E-state index in [0.717, 1.165) is 0 Å². The molecule has 0 spiro atoms. The molecule has 0 saturated heterocycles. The maximum atomic E-state index is 2.64. The van der Waals surface area contributed by atoms with Gasteiger partial charge in [0.2, 0.25) is 6.71 Å². The van der Waals surface area contributed by atoms with Crippen LogP contribution in [0.2, 0.25) is 0 Å². The highest BCUT2D eigenvalue weighted by molar-refractivity contribution is 8.34. The summed E-state index contributed by atoms with van der Waals surface area (Å²) in [6.07, 6.45) is 0. The predicted octanol–water partition coefficient (Wildman–Crippen LogP) is 10.6.